The van der Waals surface area contributed by atoms with Crippen LogP contribution in [0.1, 0.15) is 25.5 Å². The van der Waals surface area contributed by atoms with E-state index in [0.717, 1.165) is 57.8 Å². The molecule has 110 valence electrons. The zero-order chi connectivity index (χ0) is 13.8. The van der Waals surface area contributed by atoms with Crippen molar-refractivity contribution in [3.63, 3.8) is 0 Å². The van der Waals surface area contributed by atoms with Crippen LogP contribution in [-0.2, 0) is 15.9 Å². The van der Waals surface area contributed by atoms with E-state index in [1.54, 1.807) is 12.4 Å². The largest absolute Gasteiger partial charge is 0.381 e. The van der Waals surface area contributed by atoms with Gasteiger partial charge in [-0.05, 0) is 6.92 Å². The van der Waals surface area contributed by atoms with Gasteiger partial charge >= 0.3 is 0 Å². The fourth-order valence-electron chi connectivity index (χ4n) is 3.26. The van der Waals surface area contributed by atoms with E-state index >= 15 is 0 Å². The lowest BCUT2D eigenvalue weighted by Gasteiger charge is -2.47. The summed E-state index contributed by atoms with van der Waals surface area (Å²) in [6.45, 7) is 6.86. The summed E-state index contributed by atoms with van der Waals surface area (Å²) >= 11 is 0. The Kier molecular flexibility index (Phi) is 4.29. The van der Waals surface area contributed by atoms with Gasteiger partial charge in [0, 0.05) is 70.7 Å². The third-order valence-corrected chi connectivity index (χ3v) is 4.18. The summed E-state index contributed by atoms with van der Waals surface area (Å²) in [7, 11) is 0. The molecule has 0 amide bonds. The molecule has 1 unspecified atom stereocenters. The van der Waals surface area contributed by atoms with Gasteiger partial charge < -0.3 is 9.47 Å². The molecule has 0 N–H and O–H groups in total. The number of rotatable bonds is 3. The maximum absolute atomic E-state index is 6.25. The Morgan fingerprint density at radius 2 is 2.20 bits per heavy atom. The summed E-state index contributed by atoms with van der Waals surface area (Å²) in [6.07, 6.45) is 8.61. The number of hydrogen-bond acceptors (Lipinski definition) is 5. The summed E-state index contributed by atoms with van der Waals surface area (Å²) < 4.78 is 11.7. The average Bonchev–Trinajstić information content (AvgIpc) is 2.46. The van der Waals surface area contributed by atoms with E-state index in [4.69, 9.17) is 9.47 Å². The second-order valence-electron chi connectivity index (χ2n) is 5.91. The topological polar surface area (TPSA) is 47.5 Å². The van der Waals surface area contributed by atoms with Crippen LogP contribution in [0.5, 0.6) is 0 Å². The van der Waals surface area contributed by atoms with Crippen molar-refractivity contribution in [2.24, 2.45) is 0 Å². The smallest absolute Gasteiger partial charge is 0.0856 e. The van der Waals surface area contributed by atoms with E-state index in [1.165, 1.54) is 0 Å². The monoisotopic (exact) mass is 277 g/mol. The molecule has 0 aromatic carbocycles. The van der Waals surface area contributed by atoms with Crippen LogP contribution in [-0.4, -0.2) is 59.4 Å². The molecule has 1 aromatic rings. The van der Waals surface area contributed by atoms with E-state index in [2.05, 4.69) is 21.8 Å². The fourth-order valence-corrected chi connectivity index (χ4v) is 3.26. The highest BCUT2D eigenvalue weighted by Crippen LogP contribution is 2.31. The van der Waals surface area contributed by atoms with Gasteiger partial charge in [0.1, 0.15) is 0 Å². The number of morpholine rings is 1. The third kappa shape index (κ3) is 3.34. The molecule has 2 fully saturated rings. The second-order valence-corrected chi connectivity index (χ2v) is 5.91. The molecule has 0 radical (unpaired) electrons. The Hall–Kier alpha value is -1.04. The molecule has 0 aliphatic carbocycles. The van der Waals surface area contributed by atoms with Crippen molar-refractivity contribution in [2.45, 2.75) is 37.9 Å². The van der Waals surface area contributed by atoms with Gasteiger partial charge in [-0.3, -0.25) is 14.9 Å². The summed E-state index contributed by atoms with van der Waals surface area (Å²) in [6, 6.07) is 0. The molecule has 0 saturated carbocycles. The third-order valence-electron chi connectivity index (χ3n) is 4.18. The lowest BCUT2D eigenvalue weighted by molar-refractivity contribution is -0.183. The number of aromatic nitrogens is 2. The Morgan fingerprint density at radius 3 is 2.95 bits per heavy atom. The fraction of sp³-hybridized carbons (Fsp3) is 0.733. The molecule has 2 aliphatic heterocycles. The minimum Gasteiger partial charge on any atom is -0.381 e. The van der Waals surface area contributed by atoms with Crippen molar-refractivity contribution in [3.8, 4) is 0 Å². The predicted octanol–water partition coefficient (Wildman–Crippen LogP) is 1.29. The van der Waals surface area contributed by atoms with E-state index in [1.807, 2.05) is 6.20 Å². The highest BCUT2D eigenvalue weighted by Gasteiger charge is 2.40. The SMILES string of the molecule is CC1CN(CCc2cnccn2)CC2(CCOCC2)O1. The van der Waals surface area contributed by atoms with Crippen molar-refractivity contribution < 1.29 is 9.47 Å². The van der Waals surface area contributed by atoms with Crippen LogP contribution < -0.4 is 0 Å². The molecule has 2 saturated heterocycles. The van der Waals surface area contributed by atoms with Crippen molar-refractivity contribution in [1.29, 1.82) is 0 Å². The van der Waals surface area contributed by atoms with E-state index < -0.39 is 0 Å². The highest BCUT2D eigenvalue weighted by molar-refractivity contribution is 4.97. The first-order valence-electron chi connectivity index (χ1n) is 7.49. The van der Waals surface area contributed by atoms with Crippen LogP contribution in [0.2, 0.25) is 0 Å². The number of hydrogen-bond donors (Lipinski definition) is 0. The van der Waals surface area contributed by atoms with Crippen molar-refractivity contribution in [1.82, 2.24) is 14.9 Å². The number of ether oxygens (including phenoxy) is 2. The number of nitrogens with zero attached hydrogens (tertiary/aromatic N) is 3. The first kappa shape index (κ1) is 13.9. The maximum atomic E-state index is 6.25. The summed E-state index contributed by atoms with van der Waals surface area (Å²) in [5.74, 6) is 0. The minimum absolute atomic E-state index is 0.0122. The molecule has 1 spiro atoms. The molecule has 3 heterocycles. The van der Waals surface area contributed by atoms with E-state index in [9.17, 15) is 0 Å². The Bertz CT molecular complexity index is 420. The van der Waals surface area contributed by atoms with Gasteiger partial charge in [-0.1, -0.05) is 0 Å². The van der Waals surface area contributed by atoms with Crippen LogP contribution in [0, 0.1) is 0 Å². The van der Waals surface area contributed by atoms with Crippen LogP contribution in [0.3, 0.4) is 0 Å². The molecule has 2 aliphatic rings. The minimum atomic E-state index is 0.0122. The summed E-state index contributed by atoms with van der Waals surface area (Å²) in [5.41, 5.74) is 1.07. The van der Waals surface area contributed by atoms with Gasteiger partial charge in [0.2, 0.25) is 0 Å². The van der Waals surface area contributed by atoms with Crippen molar-refractivity contribution in [3.05, 3.63) is 24.3 Å². The van der Waals surface area contributed by atoms with Crippen LogP contribution in [0.15, 0.2) is 18.6 Å². The molecule has 5 heteroatoms. The molecular formula is C15H23N3O2. The predicted molar refractivity (Wildman–Crippen MR) is 75.5 cm³/mol. The molecule has 1 atom stereocenters. The molecule has 3 rings (SSSR count). The van der Waals surface area contributed by atoms with Gasteiger partial charge in [-0.25, -0.2) is 0 Å². The zero-order valence-electron chi connectivity index (χ0n) is 12.1. The molecular weight excluding hydrogens is 254 g/mol. The van der Waals surface area contributed by atoms with E-state index in [0.29, 0.717) is 6.10 Å². The van der Waals surface area contributed by atoms with Gasteiger partial charge in [-0.15, -0.1) is 0 Å². The van der Waals surface area contributed by atoms with Crippen LogP contribution >= 0.6 is 0 Å². The first-order chi connectivity index (χ1) is 9.76. The second kappa shape index (κ2) is 6.16. The quantitative estimate of drug-likeness (QED) is 0.833. The normalized spacial score (nSPS) is 26.8. The van der Waals surface area contributed by atoms with Gasteiger partial charge in [0.25, 0.3) is 0 Å². The van der Waals surface area contributed by atoms with Gasteiger partial charge in [0.05, 0.1) is 17.4 Å². The standard InChI is InChI=1S/C15H23N3O2/c1-13-11-18(7-2-14-10-16-5-6-17-14)12-15(20-13)3-8-19-9-4-15/h5-6,10,13H,2-4,7-9,11-12H2,1H3. The lowest BCUT2D eigenvalue weighted by Crippen LogP contribution is -2.57. The Morgan fingerprint density at radius 1 is 1.35 bits per heavy atom. The molecule has 0 bridgehead atoms. The summed E-state index contributed by atoms with van der Waals surface area (Å²) in [5, 5.41) is 0. The molecule has 5 nitrogen and oxygen atoms in total. The zero-order valence-corrected chi connectivity index (χ0v) is 12.1. The Balaban J connectivity index is 1.58. The molecule has 1 aromatic heterocycles. The van der Waals surface area contributed by atoms with Crippen molar-refractivity contribution >= 4 is 0 Å². The highest BCUT2D eigenvalue weighted by atomic mass is 16.5. The van der Waals surface area contributed by atoms with Crippen molar-refractivity contribution in [2.75, 3.05) is 32.8 Å². The van der Waals surface area contributed by atoms with E-state index in [-0.39, 0.29) is 5.60 Å². The average molecular weight is 277 g/mol. The van der Waals surface area contributed by atoms with Crippen LogP contribution in [0.25, 0.3) is 0 Å². The lowest BCUT2D eigenvalue weighted by atomic mass is 9.91. The first-order valence-corrected chi connectivity index (χ1v) is 7.49. The van der Waals surface area contributed by atoms with Gasteiger partial charge in [-0.2, -0.15) is 0 Å². The molecule has 20 heavy (non-hydrogen) atoms. The Labute approximate surface area is 120 Å². The maximum Gasteiger partial charge on any atom is 0.0856 e. The summed E-state index contributed by atoms with van der Waals surface area (Å²) in [4.78, 5) is 11.0. The van der Waals surface area contributed by atoms with Gasteiger partial charge in [0.15, 0.2) is 0 Å². The van der Waals surface area contributed by atoms with Crippen LogP contribution in [0.4, 0.5) is 0 Å².